The highest BCUT2D eigenvalue weighted by molar-refractivity contribution is 5.61. The second kappa shape index (κ2) is 5.50. The van der Waals surface area contributed by atoms with E-state index in [0.29, 0.717) is 6.42 Å². The van der Waals surface area contributed by atoms with Crippen molar-refractivity contribution in [3.05, 3.63) is 24.3 Å². The Balaban J connectivity index is 2.90. The van der Waals surface area contributed by atoms with Gasteiger partial charge in [0.2, 0.25) is 0 Å². The fraction of sp³-hybridized carbons (Fsp3) is 0.643. The van der Waals surface area contributed by atoms with Crippen LogP contribution >= 0.6 is 0 Å². The van der Waals surface area contributed by atoms with E-state index < -0.39 is 5.60 Å². The number of hydrogen-bond donors (Lipinski definition) is 2. The van der Waals surface area contributed by atoms with Crippen LogP contribution in [0.3, 0.4) is 0 Å². The van der Waals surface area contributed by atoms with Crippen LogP contribution in [0.5, 0.6) is 0 Å². The van der Waals surface area contributed by atoms with Gasteiger partial charge in [0.25, 0.3) is 0 Å². The molecule has 3 heteroatoms. The average Bonchev–Trinajstić information content (AvgIpc) is 2.29. The summed E-state index contributed by atoms with van der Waals surface area (Å²) in [5, 5.41) is 22.4. The van der Waals surface area contributed by atoms with Gasteiger partial charge in [-0.25, -0.2) is 0 Å². The van der Waals surface area contributed by atoms with Crippen molar-refractivity contribution in [3.8, 4) is 0 Å². The number of hydrogen-bond acceptors (Lipinski definition) is 3. The Morgan fingerprint density at radius 3 is 2.82 bits per heavy atom. The molecule has 1 unspecified atom stereocenters. The van der Waals surface area contributed by atoms with Gasteiger partial charge in [-0.3, -0.25) is 0 Å². The van der Waals surface area contributed by atoms with Crippen LogP contribution < -0.4 is 0 Å². The van der Waals surface area contributed by atoms with E-state index in [0.717, 1.165) is 31.3 Å². The monoisotopic (exact) mass is 237 g/mol. The van der Waals surface area contributed by atoms with Crippen LogP contribution in [0.2, 0.25) is 0 Å². The minimum absolute atomic E-state index is 0.282. The molecule has 0 saturated heterocycles. The highest BCUT2D eigenvalue weighted by atomic mass is 16.4. The summed E-state index contributed by atoms with van der Waals surface area (Å²) in [4.78, 5) is 0. The zero-order valence-electron chi connectivity index (χ0n) is 10.8. The first-order valence-electron chi connectivity index (χ1n) is 6.16. The van der Waals surface area contributed by atoms with Gasteiger partial charge in [0.05, 0.1) is 5.60 Å². The molecule has 0 heterocycles. The van der Waals surface area contributed by atoms with Gasteiger partial charge in [0, 0.05) is 18.1 Å². The summed E-state index contributed by atoms with van der Waals surface area (Å²) in [7, 11) is 0. The van der Waals surface area contributed by atoms with E-state index in [1.807, 2.05) is 6.08 Å². The summed E-state index contributed by atoms with van der Waals surface area (Å²) in [6.45, 7) is 7.84. The predicted molar refractivity (Wildman–Crippen MR) is 70.4 cm³/mol. The van der Waals surface area contributed by atoms with Crippen LogP contribution in [-0.4, -0.2) is 22.1 Å². The summed E-state index contributed by atoms with van der Waals surface area (Å²) in [5.74, 6) is 0. The van der Waals surface area contributed by atoms with E-state index in [1.165, 1.54) is 6.21 Å². The maximum absolute atomic E-state index is 10.8. The molecule has 0 aromatic heterocycles. The fourth-order valence-corrected chi connectivity index (χ4v) is 2.61. The third-order valence-electron chi connectivity index (χ3n) is 4.07. The molecule has 0 saturated carbocycles. The molecule has 0 spiro atoms. The highest BCUT2D eigenvalue weighted by Crippen LogP contribution is 2.48. The number of nitrogens with zero attached hydrogens (tertiary/aromatic N) is 1. The first-order chi connectivity index (χ1) is 7.98. The fourth-order valence-electron chi connectivity index (χ4n) is 2.61. The van der Waals surface area contributed by atoms with Crippen molar-refractivity contribution >= 4 is 6.21 Å². The molecule has 0 fully saturated rings. The van der Waals surface area contributed by atoms with Crippen molar-refractivity contribution in [3.63, 3.8) is 0 Å². The van der Waals surface area contributed by atoms with Gasteiger partial charge in [0.1, 0.15) is 0 Å². The van der Waals surface area contributed by atoms with Crippen molar-refractivity contribution < 1.29 is 10.3 Å². The summed E-state index contributed by atoms with van der Waals surface area (Å²) in [6, 6.07) is 0. The van der Waals surface area contributed by atoms with Crippen LogP contribution in [0.25, 0.3) is 0 Å². The third kappa shape index (κ3) is 2.78. The predicted octanol–water partition coefficient (Wildman–Crippen LogP) is 3.28. The first-order valence-corrected chi connectivity index (χ1v) is 6.16. The van der Waals surface area contributed by atoms with E-state index >= 15 is 0 Å². The van der Waals surface area contributed by atoms with Crippen molar-refractivity contribution in [1.82, 2.24) is 0 Å². The van der Waals surface area contributed by atoms with Crippen molar-refractivity contribution in [2.24, 2.45) is 10.6 Å². The van der Waals surface area contributed by atoms with Gasteiger partial charge in [-0.2, -0.15) is 0 Å². The molecule has 1 rings (SSSR count). The van der Waals surface area contributed by atoms with E-state index in [9.17, 15) is 5.11 Å². The molecule has 0 aromatic carbocycles. The second-order valence-corrected chi connectivity index (χ2v) is 5.25. The number of oxime groups is 1. The van der Waals surface area contributed by atoms with Gasteiger partial charge in [-0.15, -0.1) is 11.7 Å². The van der Waals surface area contributed by atoms with Crippen LogP contribution in [-0.2, 0) is 0 Å². The molecule has 17 heavy (non-hydrogen) atoms. The number of aliphatic hydroxyl groups is 1. The molecule has 1 atom stereocenters. The Hall–Kier alpha value is -1.09. The van der Waals surface area contributed by atoms with Crippen LogP contribution in [0.15, 0.2) is 29.5 Å². The Morgan fingerprint density at radius 1 is 1.53 bits per heavy atom. The topological polar surface area (TPSA) is 52.8 Å². The lowest BCUT2D eigenvalue weighted by Gasteiger charge is -2.47. The summed E-state index contributed by atoms with van der Waals surface area (Å²) in [6.07, 6.45) is 9.30. The van der Waals surface area contributed by atoms with E-state index in [-0.39, 0.29) is 5.41 Å². The van der Waals surface area contributed by atoms with Gasteiger partial charge >= 0.3 is 0 Å². The Morgan fingerprint density at radius 2 is 2.24 bits per heavy atom. The highest BCUT2D eigenvalue weighted by Gasteiger charge is 2.46. The summed E-state index contributed by atoms with van der Waals surface area (Å²) in [5.41, 5.74) is 0.178. The Bertz CT molecular complexity index is 331. The quantitative estimate of drug-likeness (QED) is 0.334. The Labute approximate surface area is 104 Å². The molecule has 0 aliphatic heterocycles. The maximum Gasteiger partial charge on any atom is 0.0741 e. The Kier molecular flexibility index (Phi) is 4.52. The average molecular weight is 237 g/mol. The second-order valence-electron chi connectivity index (χ2n) is 5.25. The molecule has 3 nitrogen and oxygen atoms in total. The van der Waals surface area contributed by atoms with E-state index in [1.54, 1.807) is 0 Å². The zero-order valence-corrected chi connectivity index (χ0v) is 10.8. The molecule has 0 aromatic rings. The van der Waals surface area contributed by atoms with Gasteiger partial charge < -0.3 is 10.3 Å². The lowest BCUT2D eigenvalue weighted by molar-refractivity contribution is -0.0666. The molecule has 0 radical (unpaired) electrons. The zero-order chi connectivity index (χ0) is 12.9. The lowest BCUT2D eigenvalue weighted by atomic mass is 9.62. The SMILES string of the molecule is C=CCCC1(O)CCC=C(C/C=N/O)C1(C)C. The molecule has 96 valence electrons. The van der Waals surface area contributed by atoms with Gasteiger partial charge in [-0.1, -0.05) is 31.6 Å². The van der Waals surface area contributed by atoms with Gasteiger partial charge in [-0.05, 0) is 25.7 Å². The molecule has 1 aliphatic carbocycles. The van der Waals surface area contributed by atoms with Gasteiger partial charge in [0.15, 0.2) is 0 Å². The van der Waals surface area contributed by atoms with Crippen molar-refractivity contribution in [2.45, 2.75) is 51.6 Å². The van der Waals surface area contributed by atoms with E-state index in [4.69, 9.17) is 5.21 Å². The molecule has 1 aliphatic rings. The largest absolute Gasteiger partial charge is 0.411 e. The summed E-state index contributed by atoms with van der Waals surface area (Å²) >= 11 is 0. The molecule has 0 bridgehead atoms. The summed E-state index contributed by atoms with van der Waals surface area (Å²) < 4.78 is 0. The third-order valence-corrected chi connectivity index (χ3v) is 4.07. The minimum atomic E-state index is -0.686. The molecule has 2 N–H and O–H groups in total. The van der Waals surface area contributed by atoms with Crippen LogP contribution in [0.4, 0.5) is 0 Å². The first kappa shape index (κ1) is 14.0. The van der Waals surface area contributed by atoms with Crippen LogP contribution in [0, 0.1) is 5.41 Å². The number of allylic oxidation sites excluding steroid dienone is 2. The lowest BCUT2D eigenvalue weighted by Crippen LogP contribution is -2.47. The standard InChI is InChI=1S/C14H23NO2/c1-4-5-9-14(16)10-6-7-12(8-11-15-17)13(14,2)3/h4,7,11,16-17H,1,5-6,8-10H2,2-3H3/b15-11+. The molecule has 0 amide bonds. The van der Waals surface area contributed by atoms with Crippen LogP contribution in [0.1, 0.15) is 46.0 Å². The number of rotatable bonds is 5. The van der Waals surface area contributed by atoms with Crippen molar-refractivity contribution in [1.29, 1.82) is 0 Å². The smallest absolute Gasteiger partial charge is 0.0741 e. The normalized spacial score (nSPS) is 28.1. The van der Waals surface area contributed by atoms with Crippen molar-refractivity contribution in [2.75, 3.05) is 0 Å². The maximum atomic E-state index is 10.8. The minimum Gasteiger partial charge on any atom is -0.411 e. The van der Waals surface area contributed by atoms with E-state index in [2.05, 4.69) is 31.7 Å². The molecular weight excluding hydrogens is 214 g/mol. The molecular formula is C14H23NO2.